The monoisotopic (exact) mass is 345 g/mol. The van der Waals surface area contributed by atoms with Crippen LogP contribution in [0.1, 0.15) is 31.2 Å². The molecular weight excluding hydrogens is 318 g/mol. The van der Waals surface area contributed by atoms with Crippen LogP contribution in [0.3, 0.4) is 0 Å². The second-order valence-corrected chi connectivity index (χ2v) is 7.41. The van der Waals surface area contributed by atoms with Crippen molar-refractivity contribution < 1.29 is 14.3 Å². The summed E-state index contributed by atoms with van der Waals surface area (Å²) in [6.45, 7) is 4.43. The zero-order valence-corrected chi connectivity index (χ0v) is 14.9. The second-order valence-electron chi connectivity index (χ2n) is 7.41. The summed E-state index contributed by atoms with van der Waals surface area (Å²) >= 11 is 0. The molecule has 4 heterocycles. The maximum absolute atomic E-state index is 12.7. The van der Waals surface area contributed by atoms with Gasteiger partial charge in [-0.05, 0) is 37.3 Å². The Bertz CT molecular complexity index is 595. The molecule has 6 nitrogen and oxygen atoms in total. The molecule has 136 valence electrons. The number of nitrogens with zero attached hydrogens (tertiary/aromatic N) is 3. The molecule has 0 bridgehead atoms. The van der Waals surface area contributed by atoms with Crippen LogP contribution in [-0.2, 0) is 20.8 Å². The number of hydrogen-bond donors (Lipinski definition) is 0. The number of piperidine rings is 1. The molecule has 1 amide bonds. The van der Waals surface area contributed by atoms with Gasteiger partial charge in [0.15, 0.2) is 6.10 Å². The highest BCUT2D eigenvalue weighted by molar-refractivity contribution is 5.90. The van der Waals surface area contributed by atoms with E-state index in [1.807, 2.05) is 18.5 Å². The van der Waals surface area contributed by atoms with E-state index in [1.165, 1.54) is 5.56 Å². The van der Waals surface area contributed by atoms with Crippen LogP contribution in [-0.4, -0.2) is 71.8 Å². The summed E-state index contributed by atoms with van der Waals surface area (Å²) in [5.41, 5.74) is 1.13. The number of ether oxygens (including phenoxy) is 2. The average Bonchev–Trinajstić information content (AvgIpc) is 2.65. The molecule has 0 N–H and O–H groups in total. The van der Waals surface area contributed by atoms with E-state index in [2.05, 4.69) is 20.9 Å². The van der Waals surface area contributed by atoms with Crippen LogP contribution in [0.25, 0.3) is 0 Å². The van der Waals surface area contributed by atoms with Crippen LogP contribution in [0.15, 0.2) is 24.5 Å². The zero-order valence-electron chi connectivity index (χ0n) is 14.9. The number of carbonyl (C=O) groups is 1. The molecule has 0 aliphatic carbocycles. The lowest BCUT2D eigenvalue weighted by atomic mass is 9.72. The Labute approximate surface area is 149 Å². The predicted molar refractivity (Wildman–Crippen MR) is 93.0 cm³/mol. The third kappa shape index (κ3) is 2.96. The zero-order chi connectivity index (χ0) is 17.3. The van der Waals surface area contributed by atoms with Crippen molar-refractivity contribution in [1.29, 1.82) is 0 Å². The summed E-state index contributed by atoms with van der Waals surface area (Å²) in [5, 5.41) is 0. The van der Waals surface area contributed by atoms with Crippen molar-refractivity contribution in [3.05, 3.63) is 30.1 Å². The topological polar surface area (TPSA) is 54.9 Å². The van der Waals surface area contributed by atoms with Gasteiger partial charge in [-0.1, -0.05) is 6.07 Å². The van der Waals surface area contributed by atoms with Gasteiger partial charge < -0.3 is 14.4 Å². The minimum atomic E-state index is -0.273. The van der Waals surface area contributed by atoms with Gasteiger partial charge in [-0.2, -0.15) is 0 Å². The number of amides is 1. The van der Waals surface area contributed by atoms with Crippen LogP contribution in [0.5, 0.6) is 0 Å². The molecule has 1 atom stereocenters. The summed E-state index contributed by atoms with van der Waals surface area (Å²) in [7, 11) is 1.66. The molecule has 0 aromatic carbocycles. The standard InChI is InChI=1S/C19H27N3O3/c1-24-17-18(23)22(19(17)6-11-25-12-7-19)16-4-9-21(10-5-16)14-15-3-2-8-20-13-15/h2-3,8,13,16-17H,4-7,9-12,14H2,1H3. The third-order valence-corrected chi connectivity index (χ3v) is 6.08. The quantitative estimate of drug-likeness (QED) is 0.773. The van der Waals surface area contributed by atoms with Crippen molar-refractivity contribution in [2.45, 2.75) is 49.9 Å². The van der Waals surface area contributed by atoms with Gasteiger partial charge in [0, 0.05) is 58.4 Å². The van der Waals surface area contributed by atoms with Gasteiger partial charge in [0.2, 0.25) is 0 Å². The molecule has 1 spiro atoms. The van der Waals surface area contributed by atoms with Crippen LogP contribution in [0.4, 0.5) is 0 Å². The molecule has 3 fully saturated rings. The number of methoxy groups -OCH3 is 1. The van der Waals surface area contributed by atoms with E-state index < -0.39 is 0 Å². The molecule has 25 heavy (non-hydrogen) atoms. The van der Waals surface area contributed by atoms with Gasteiger partial charge in [-0.15, -0.1) is 0 Å². The molecule has 0 radical (unpaired) electrons. The van der Waals surface area contributed by atoms with Gasteiger partial charge in [0.05, 0.1) is 5.54 Å². The Hall–Kier alpha value is -1.50. The second kappa shape index (κ2) is 7.02. The van der Waals surface area contributed by atoms with Crippen molar-refractivity contribution in [3.8, 4) is 0 Å². The van der Waals surface area contributed by atoms with Crippen molar-refractivity contribution in [2.75, 3.05) is 33.4 Å². The first-order valence-corrected chi connectivity index (χ1v) is 9.29. The number of rotatable bonds is 4. The SMILES string of the molecule is COC1C(=O)N(C2CCN(Cc3cccnc3)CC2)C12CCOCC2. The summed E-state index contributed by atoms with van der Waals surface area (Å²) in [4.78, 5) is 21.5. The van der Waals surface area contributed by atoms with Crippen LogP contribution in [0, 0.1) is 0 Å². The molecule has 4 rings (SSSR count). The van der Waals surface area contributed by atoms with E-state index in [0.717, 1.165) is 58.5 Å². The van der Waals surface area contributed by atoms with Crippen molar-refractivity contribution in [3.63, 3.8) is 0 Å². The lowest BCUT2D eigenvalue weighted by Crippen LogP contribution is -2.78. The van der Waals surface area contributed by atoms with Crippen LogP contribution in [0.2, 0.25) is 0 Å². The van der Waals surface area contributed by atoms with Gasteiger partial charge in [-0.3, -0.25) is 14.7 Å². The average molecular weight is 345 g/mol. The highest BCUT2D eigenvalue weighted by atomic mass is 16.5. The molecule has 3 aliphatic rings. The molecule has 3 aliphatic heterocycles. The van der Waals surface area contributed by atoms with E-state index in [4.69, 9.17) is 9.47 Å². The van der Waals surface area contributed by atoms with Crippen LogP contribution >= 0.6 is 0 Å². The summed E-state index contributed by atoms with van der Waals surface area (Å²) in [6, 6.07) is 4.45. The van der Waals surface area contributed by atoms with Gasteiger partial charge >= 0.3 is 0 Å². The third-order valence-electron chi connectivity index (χ3n) is 6.08. The smallest absolute Gasteiger partial charge is 0.254 e. The van der Waals surface area contributed by atoms with Gasteiger partial charge in [-0.25, -0.2) is 0 Å². The maximum atomic E-state index is 12.7. The number of aromatic nitrogens is 1. The maximum Gasteiger partial charge on any atom is 0.254 e. The fraction of sp³-hybridized carbons (Fsp3) is 0.684. The number of pyridine rings is 1. The predicted octanol–water partition coefficient (Wildman–Crippen LogP) is 1.45. The molecule has 1 aromatic heterocycles. The molecule has 0 saturated carbocycles. The lowest BCUT2D eigenvalue weighted by Gasteiger charge is -2.61. The Morgan fingerprint density at radius 2 is 2.08 bits per heavy atom. The van der Waals surface area contributed by atoms with Crippen molar-refractivity contribution >= 4 is 5.91 Å². The largest absolute Gasteiger partial charge is 0.381 e. The first-order chi connectivity index (χ1) is 12.2. The molecule has 1 aromatic rings. The number of carbonyl (C=O) groups excluding carboxylic acids is 1. The fourth-order valence-electron chi connectivity index (χ4n) is 4.81. The molecule has 1 unspecified atom stereocenters. The Balaban J connectivity index is 1.39. The summed E-state index contributed by atoms with van der Waals surface area (Å²) < 4.78 is 11.1. The normalized spacial score (nSPS) is 27.5. The van der Waals surface area contributed by atoms with E-state index in [0.29, 0.717) is 6.04 Å². The summed E-state index contributed by atoms with van der Waals surface area (Å²) in [5.74, 6) is 0.176. The van der Waals surface area contributed by atoms with E-state index in [1.54, 1.807) is 7.11 Å². The highest BCUT2D eigenvalue weighted by Crippen LogP contribution is 2.45. The van der Waals surface area contributed by atoms with Gasteiger partial charge in [0.1, 0.15) is 0 Å². The molecule has 6 heteroatoms. The number of likely N-dealkylation sites (tertiary alicyclic amines) is 2. The molecular formula is C19H27N3O3. The van der Waals surface area contributed by atoms with E-state index in [9.17, 15) is 4.79 Å². The Morgan fingerprint density at radius 3 is 2.72 bits per heavy atom. The first-order valence-electron chi connectivity index (χ1n) is 9.29. The van der Waals surface area contributed by atoms with E-state index in [-0.39, 0.29) is 17.6 Å². The highest BCUT2D eigenvalue weighted by Gasteiger charge is 2.62. The minimum Gasteiger partial charge on any atom is -0.381 e. The van der Waals surface area contributed by atoms with Crippen molar-refractivity contribution in [2.24, 2.45) is 0 Å². The van der Waals surface area contributed by atoms with Crippen LogP contribution < -0.4 is 0 Å². The molecule has 3 saturated heterocycles. The summed E-state index contributed by atoms with van der Waals surface area (Å²) in [6.07, 6.45) is 7.33. The number of β-lactam (4-membered cyclic amide) rings is 1. The first kappa shape index (κ1) is 16.9. The van der Waals surface area contributed by atoms with Crippen molar-refractivity contribution in [1.82, 2.24) is 14.8 Å². The van der Waals surface area contributed by atoms with E-state index >= 15 is 0 Å². The number of hydrogen-bond acceptors (Lipinski definition) is 5. The Morgan fingerprint density at radius 1 is 1.32 bits per heavy atom. The lowest BCUT2D eigenvalue weighted by molar-refractivity contribution is -0.214. The van der Waals surface area contributed by atoms with Gasteiger partial charge in [0.25, 0.3) is 5.91 Å². The fourth-order valence-corrected chi connectivity index (χ4v) is 4.81. The minimum absolute atomic E-state index is 0.125. The Kier molecular flexibility index (Phi) is 4.75.